The second-order valence-electron chi connectivity index (χ2n) is 12.9. The number of amides is 3. The van der Waals surface area contributed by atoms with Crippen molar-refractivity contribution in [2.45, 2.75) is 49.2 Å². The van der Waals surface area contributed by atoms with Gasteiger partial charge in [-0.1, -0.05) is 67.1 Å². The zero-order chi connectivity index (χ0) is 39.4. The normalized spacial score (nSPS) is 13.0. The van der Waals surface area contributed by atoms with Crippen LogP contribution in [0.3, 0.4) is 0 Å². The van der Waals surface area contributed by atoms with Gasteiger partial charge in [-0.3, -0.25) is 14.4 Å². The fourth-order valence-electron chi connectivity index (χ4n) is 6.36. The first-order valence-electron chi connectivity index (χ1n) is 18.3. The van der Waals surface area contributed by atoms with Gasteiger partial charge in [-0.05, 0) is 97.8 Å². The molecule has 0 aliphatic heterocycles. The fraction of sp³-hybridized carbons (Fsp3) is 0.227. The molecule has 0 fully saturated rings. The summed E-state index contributed by atoms with van der Waals surface area (Å²) in [6, 6.07) is 30.3. The van der Waals surface area contributed by atoms with E-state index >= 15 is 0 Å². The average molecular weight is 790 g/mol. The average Bonchev–Trinajstić information content (AvgIpc) is 3.39. The highest BCUT2D eigenvalue weighted by Crippen LogP contribution is 2.41. The van der Waals surface area contributed by atoms with E-state index in [0.29, 0.717) is 43.8 Å². The number of anilines is 2. The first-order valence-corrected chi connectivity index (χ1v) is 20.0. The van der Waals surface area contributed by atoms with Gasteiger partial charge in [-0.2, -0.15) is 0 Å². The number of benzene rings is 4. The van der Waals surface area contributed by atoms with Gasteiger partial charge in [0, 0.05) is 21.0 Å². The maximum atomic E-state index is 14.3. The molecule has 0 saturated heterocycles. The van der Waals surface area contributed by atoms with Crippen LogP contribution in [0.1, 0.15) is 73.7 Å². The van der Waals surface area contributed by atoms with Gasteiger partial charge in [0.1, 0.15) is 15.9 Å². The van der Waals surface area contributed by atoms with Gasteiger partial charge >= 0.3 is 5.97 Å². The smallest absolute Gasteiger partial charge is 0.341 e. The molecule has 0 spiro atoms. The molecule has 0 saturated carbocycles. The lowest BCUT2D eigenvalue weighted by atomic mass is 10.1. The third-order valence-corrected chi connectivity index (χ3v) is 11.5. The van der Waals surface area contributed by atoms with E-state index in [1.165, 1.54) is 37.3 Å². The fourth-order valence-corrected chi connectivity index (χ4v) is 8.73. The van der Waals surface area contributed by atoms with Crippen LogP contribution in [0.5, 0.6) is 11.5 Å². The Morgan fingerprint density at radius 2 is 1.54 bits per heavy atom. The first-order chi connectivity index (χ1) is 27.3. The number of thiophene rings is 1. The van der Waals surface area contributed by atoms with Gasteiger partial charge in [0.2, 0.25) is 5.91 Å². The Labute approximate surface area is 334 Å². The summed E-state index contributed by atoms with van der Waals surface area (Å²) in [5, 5.41) is 8.59. The quantitative estimate of drug-likeness (QED) is 0.0440. The number of carbonyl (C=O) groups excluding carboxylic acids is 4. The Hall–Kier alpha value is -5.85. The number of rotatable bonds is 14. The first kappa shape index (κ1) is 39.8. The zero-order valence-electron chi connectivity index (χ0n) is 31.4. The molecule has 1 unspecified atom stereocenters. The Morgan fingerprint density at radius 3 is 2.27 bits per heavy atom. The molecule has 12 heteroatoms. The summed E-state index contributed by atoms with van der Waals surface area (Å²) in [5.74, 6) is -0.752. The van der Waals surface area contributed by atoms with E-state index in [1.54, 1.807) is 79.7 Å². The number of nitrogens with one attached hydrogen (secondary N) is 3. The Bertz CT molecular complexity index is 2220. The maximum Gasteiger partial charge on any atom is 0.341 e. The predicted molar refractivity (Wildman–Crippen MR) is 222 cm³/mol. The SMILES string of the molecule is CCOC(=O)c1c(NC(=O)C(Sc2cccc(NC(=O)/C(=C\c3ccc(OC)c(OC)c3)NC(=O)c3ccccc3)c2)c2ccccc2)sc2c1CCCCC2. The van der Waals surface area contributed by atoms with Gasteiger partial charge in [0.25, 0.3) is 11.8 Å². The monoisotopic (exact) mass is 789 g/mol. The van der Waals surface area contributed by atoms with Crippen LogP contribution in [0, 0.1) is 0 Å². The molecule has 10 nitrogen and oxygen atoms in total. The lowest BCUT2D eigenvalue weighted by molar-refractivity contribution is -0.116. The van der Waals surface area contributed by atoms with Crippen LogP contribution in [0.2, 0.25) is 0 Å². The summed E-state index contributed by atoms with van der Waals surface area (Å²) in [6.45, 7) is 2.01. The summed E-state index contributed by atoms with van der Waals surface area (Å²) in [6.07, 6.45) is 6.29. The third-order valence-electron chi connectivity index (χ3n) is 9.07. The molecule has 288 valence electrons. The van der Waals surface area contributed by atoms with Crippen LogP contribution in [-0.2, 0) is 27.2 Å². The number of carbonyl (C=O) groups is 4. The number of methoxy groups -OCH3 is 2. The van der Waals surface area contributed by atoms with Crippen LogP contribution in [0.4, 0.5) is 10.7 Å². The molecule has 5 aromatic rings. The predicted octanol–water partition coefficient (Wildman–Crippen LogP) is 9.09. The van der Waals surface area contributed by atoms with Crippen molar-refractivity contribution in [2.75, 3.05) is 31.5 Å². The molecule has 1 aliphatic rings. The van der Waals surface area contributed by atoms with E-state index in [1.807, 2.05) is 36.4 Å². The molecular weight excluding hydrogens is 747 g/mol. The van der Waals surface area contributed by atoms with Crippen molar-refractivity contribution in [2.24, 2.45) is 0 Å². The summed E-state index contributed by atoms with van der Waals surface area (Å²) in [4.78, 5) is 56.5. The number of ether oxygens (including phenoxy) is 3. The van der Waals surface area contributed by atoms with E-state index in [0.717, 1.165) is 48.1 Å². The summed E-state index contributed by atoms with van der Waals surface area (Å²) >= 11 is 2.77. The molecule has 56 heavy (non-hydrogen) atoms. The molecule has 1 aromatic heterocycles. The Morgan fingerprint density at radius 1 is 0.804 bits per heavy atom. The highest BCUT2D eigenvalue weighted by atomic mass is 32.2. The number of hydrogen-bond donors (Lipinski definition) is 3. The van der Waals surface area contributed by atoms with Crippen molar-refractivity contribution < 1.29 is 33.4 Å². The summed E-state index contributed by atoms with van der Waals surface area (Å²) in [5.41, 5.74) is 3.63. The molecule has 0 radical (unpaired) electrons. The van der Waals surface area contributed by atoms with Gasteiger partial charge in [-0.25, -0.2) is 4.79 Å². The minimum atomic E-state index is -0.704. The second-order valence-corrected chi connectivity index (χ2v) is 15.1. The van der Waals surface area contributed by atoms with Crippen molar-refractivity contribution in [1.29, 1.82) is 0 Å². The molecule has 4 aromatic carbocycles. The van der Waals surface area contributed by atoms with Crippen LogP contribution in [0.15, 0.2) is 114 Å². The molecule has 3 N–H and O–H groups in total. The van der Waals surface area contributed by atoms with Crippen molar-refractivity contribution in [3.63, 3.8) is 0 Å². The third kappa shape index (κ3) is 9.87. The summed E-state index contributed by atoms with van der Waals surface area (Å²) < 4.78 is 16.3. The number of hydrogen-bond acceptors (Lipinski definition) is 9. The van der Waals surface area contributed by atoms with Crippen molar-refractivity contribution in [1.82, 2.24) is 5.32 Å². The van der Waals surface area contributed by atoms with Crippen molar-refractivity contribution in [3.8, 4) is 11.5 Å². The Balaban J connectivity index is 1.26. The second kappa shape index (κ2) is 19.1. The molecule has 3 amide bonds. The molecule has 1 heterocycles. The topological polar surface area (TPSA) is 132 Å². The van der Waals surface area contributed by atoms with E-state index in [2.05, 4.69) is 16.0 Å². The molecule has 6 rings (SSSR count). The number of thioether (sulfide) groups is 1. The van der Waals surface area contributed by atoms with Gasteiger partial charge in [-0.15, -0.1) is 23.1 Å². The molecule has 0 bridgehead atoms. The van der Waals surface area contributed by atoms with Crippen LogP contribution >= 0.6 is 23.1 Å². The Kier molecular flexibility index (Phi) is 13.6. The lowest BCUT2D eigenvalue weighted by Gasteiger charge is -2.18. The van der Waals surface area contributed by atoms with E-state index < -0.39 is 23.0 Å². The molecular formula is C44H43N3O7S2. The molecule has 1 aliphatic carbocycles. The highest BCUT2D eigenvalue weighted by Gasteiger charge is 2.30. The minimum absolute atomic E-state index is 0.00239. The standard InChI is InChI=1S/C44H43N3O7S2/c1-4-54-44(51)38-33-21-12-7-13-22-37(33)56-43(38)47-42(50)39(29-15-8-5-9-16-29)55-32-20-14-19-31(27-32)45-41(49)34(46-40(48)30-17-10-6-11-18-30)25-28-23-24-35(52-2)36(26-28)53-3/h5-6,8-11,14-20,23-27,39H,4,7,12-13,21-22H2,1-3H3,(H,45,49)(H,46,48)(H,47,50)/b34-25+. The largest absolute Gasteiger partial charge is 0.493 e. The number of esters is 1. The lowest BCUT2D eigenvalue weighted by Crippen LogP contribution is -2.30. The summed E-state index contributed by atoms with van der Waals surface area (Å²) in [7, 11) is 3.05. The van der Waals surface area contributed by atoms with Gasteiger partial charge in [0.15, 0.2) is 11.5 Å². The van der Waals surface area contributed by atoms with Crippen molar-refractivity contribution >= 4 is 63.6 Å². The van der Waals surface area contributed by atoms with Crippen LogP contribution in [0.25, 0.3) is 6.08 Å². The van der Waals surface area contributed by atoms with Crippen LogP contribution < -0.4 is 25.4 Å². The minimum Gasteiger partial charge on any atom is -0.493 e. The van der Waals surface area contributed by atoms with Gasteiger partial charge in [0.05, 0.1) is 26.4 Å². The highest BCUT2D eigenvalue weighted by molar-refractivity contribution is 8.00. The van der Waals surface area contributed by atoms with Gasteiger partial charge < -0.3 is 30.2 Å². The van der Waals surface area contributed by atoms with Crippen molar-refractivity contribution in [3.05, 3.63) is 142 Å². The maximum absolute atomic E-state index is 14.3. The van der Waals surface area contributed by atoms with E-state index in [-0.39, 0.29) is 18.2 Å². The van der Waals surface area contributed by atoms with Crippen LogP contribution in [-0.4, -0.2) is 44.5 Å². The number of aryl methyl sites for hydroxylation is 1. The zero-order valence-corrected chi connectivity index (χ0v) is 33.0. The molecule has 1 atom stereocenters. The van der Waals surface area contributed by atoms with E-state index in [9.17, 15) is 19.2 Å². The number of fused-ring (bicyclic) bond motifs is 1. The van der Waals surface area contributed by atoms with E-state index in [4.69, 9.17) is 14.2 Å².